The standard InChI is InChI=1S/C15H20O2/c1-3-5-9-15(16)12-17-11-14-8-6-7-13(4-2)10-14/h4,6-8,10H,2-3,5,9,11-12H2,1H3. The zero-order valence-corrected chi connectivity index (χ0v) is 10.4. The topological polar surface area (TPSA) is 26.3 Å². The van der Waals surface area contributed by atoms with Gasteiger partial charge in [-0.15, -0.1) is 0 Å². The molecule has 0 saturated carbocycles. The minimum Gasteiger partial charge on any atom is -0.369 e. The van der Waals surface area contributed by atoms with E-state index in [1.807, 2.05) is 24.3 Å². The van der Waals surface area contributed by atoms with Crippen LogP contribution in [0.25, 0.3) is 6.08 Å². The van der Waals surface area contributed by atoms with Crippen molar-refractivity contribution in [2.24, 2.45) is 0 Å². The lowest BCUT2D eigenvalue weighted by atomic mass is 10.1. The molecule has 0 aliphatic carbocycles. The van der Waals surface area contributed by atoms with Gasteiger partial charge in [0.15, 0.2) is 5.78 Å². The van der Waals surface area contributed by atoms with Crippen LogP contribution in [0.3, 0.4) is 0 Å². The molecule has 0 bridgehead atoms. The molecule has 0 atom stereocenters. The normalized spacial score (nSPS) is 10.2. The van der Waals surface area contributed by atoms with Gasteiger partial charge in [0, 0.05) is 6.42 Å². The molecule has 0 saturated heterocycles. The molecule has 1 aromatic rings. The fraction of sp³-hybridized carbons (Fsp3) is 0.400. The Morgan fingerprint density at radius 2 is 2.29 bits per heavy atom. The third-order valence-corrected chi connectivity index (χ3v) is 2.53. The molecule has 1 aromatic carbocycles. The van der Waals surface area contributed by atoms with Gasteiger partial charge in [0.2, 0.25) is 0 Å². The van der Waals surface area contributed by atoms with Gasteiger partial charge in [-0.05, 0) is 23.6 Å². The highest BCUT2D eigenvalue weighted by Gasteiger charge is 2.01. The van der Waals surface area contributed by atoms with E-state index in [1.165, 1.54) is 0 Å². The first-order chi connectivity index (χ1) is 8.26. The van der Waals surface area contributed by atoms with Crippen molar-refractivity contribution in [3.8, 4) is 0 Å². The van der Waals surface area contributed by atoms with E-state index in [0.29, 0.717) is 13.0 Å². The maximum Gasteiger partial charge on any atom is 0.158 e. The first-order valence-corrected chi connectivity index (χ1v) is 6.07. The lowest BCUT2D eigenvalue weighted by Crippen LogP contribution is -2.08. The van der Waals surface area contributed by atoms with Crippen LogP contribution in [0, 0.1) is 0 Å². The molecule has 0 amide bonds. The van der Waals surface area contributed by atoms with Crippen LogP contribution in [-0.4, -0.2) is 12.4 Å². The van der Waals surface area contributed by atoms with E-state index >= 15 is 0 Å². The third kappa shape index (κ3) is 5.45. The quantitative estimate of drug-likeness (QED) is 0.684. The predicted octanol–water partition coefficient (Wildman–Crippen LogP) is 3.61. The molecular weight excluding hydrogens is 212 g/mol. The summed E-state index contributed by atoms with van der Waals surface area (Å²) >= 11 is 0. The van der Waals surface area contributed by atoms with Crippen molar-refractivity contribution in [1.29, 1.82) is 0 Å². The van der Waals surface area contributed by atoms with Crippen LogP contribution in [0.5, 0.6) is 0 Å². The van der Waals surface area contributed by atoms with Crippen molar-refractivity contribution in [2.75, 3.05) is 6.61 Å². The van der Waals surface area contributed by atoms with Gasteiger partial charge in [0.25, 0.3) is 0 Å². The van der Waals surface area contributed by atoms with Crippen LogP contribution in [0.1, 0.15) is 37.3 Å². The lowest BCUT2D eigenvalue weighted by Gasteiger charge is -2.04. The zero-order valence-electron chi connectivity index (χ0n) is 10.4. The highest BCUT2D eigenvalue weighted by Crippen LogP contribution is 2.07. The summed E-state index contributed by atoms with van der Waals surface area (Å²) in [6.45, 7) is 6.50. The van der Waals surface area contributed by atoms with E-state index in [2.05, 4.69) is 13.5 Å². The van der Waals surface area contributed by atoms with Crippen LogP contribution < -0.4 is 0 Å². The highest BCUT2D eigenvalue weighted by atomic mass is 16.5. The Kier molecular flexibility index (Phi) is 6.26. The van der Waals surface area contributed by atoms with Gasteiger partial charge in [0.1, 0.15) is 6.61 Å². The van der Waals surface area contributed by atoms with Crippen molar-refractivity contribution in [2.45, 2.75) is 32.8 Å². The number of ether oxygens (including phenoxy) is 1. The molecule has 0 N–H and O–H groups in total. The number of carbonyl (C=O) groups is 1. The van der Waals surface area contributed by atoms with Gasteiger partial charge in [-0.1, -0.05) is 44.2 Å². The molecule has 2 nitrogen and oxygen atoms in total. The van der Waals surface area contributed by atoms with Crippen LogP contribution >= 0.6 is 0 Å². The maximum absolute atomic E-state index is 11.4. The SMILES string of the molecule is C=Cc1cccc(COCC(=O)CCCC)c1. The highest BCUT2D eigenvalue weighted by molar-refractivity contribution is 5.79. The van der Waals surface area contributed by atoms with Crippen molar-refractivity contribution >= 4 is 11.9 Å². The van der Waals surface area contributed by atoms with Gasteiger partial charge in [-0.25, -0.2) is 0 Å². The van der Waals surface area contributed by atoms with Crippen molar-refractivity contribution in [1.82, 2.24) is 0 Å². The Labute approximate surface area is 103 Å². The Morgan fingerprint density at radius 1 is 1.47 bits per heavy atom. The Bertz CT molecular complexity index is 369. The second kappa shape index (κ2) is 7.80. The summed E-state index contributed by atoms with van der Waals surface area (Å²) in [4.78, 5) is 11.4. The molecule has 0 fully saturated rings. The van der Waals surface area contributed by atoms with Crippen LogP contribution in [-0.2, 0) is 16.1 Å². The number of rotatable bonds is 8. The third-order valence-electron chi connectivity index (χ3n) is 2.53. The summed E-state index contributed by atoms with van der Waals surface area (Å²) in [6, 6.07) is 7.96. The van der Waals surface area contributed by atoms with Crippen LogP contribution in [0.2, 0.25) is 0 Å². The minimum absolute atomic E-state index is 0.187. The zero-order chi connectivity index (χ0) is 12.5. The van der Waals surface area contributed by atoms with E-state index in [-0.39, 0.29) is 12.4 Å². The number of carbonyl (C=O) groups excluding carboxylic acids is 1. The Hall–Kier alpha value is -1.41. The number of Topliss-reactive ketones (excluding diaryl/α,β-unsaturated/α-hetero) is 1. The summed E-state index contributed by atoms with van der Waals surface area (Å²) < 4.78 is 5.39. The molecule has 0 aliphatic rings. The van der Waals surface area contributed by atoms with Crippen molar-refractivity contribution < 1.29 is 9.53 Å². The first kappa shape index (κ1) is 13.7. The van der Waals surface area contributed by atoms with E-state index < -0.39 is 0 Å². The van der Waals surface area contributed by atoms with Gasteiger partial charge in [-0.3, -0.25) is 4.79 Å². The Balaban J connectivity index is 2.30. The van der Waals surface area contributed by atoms with Crippen molar-refractivity contribution in [3.63, 3.8) is 0 Å². The fourth-order valence-electron chi connectivity index (χ4n) is 1.54. The molecule has 17 heavy (non-hydrogen) atoms. The summed E-state index contributed by atoms with van der Waals surface area (Å²) in [5, 5.41) is 0. The molecule has 0 aliphatic heterocycles. The predicted molar refractivity (Wildman–Crippen MR) is 70.7 cm³/mol. The Morgan fingerprint density at radius 3 is 3.00 bits per heavy atom. The molecule has 0 unspecified atom stereocenters. The molecular formula is C15H20O2. The number of benzene rings is 1. The number of hydrogen-bond donors (Lipinski definition) is 0. The first-order valence-electron chi connectivity index (χ1n) is 6.07. The summed E-state index contributed by atoms with van der Waals surface area (Å²) in [6.07, 6.45) is 4.43. The van der Waals surface area contributed by atoms with Crippen LogP contribution in [0.15, 0.2) is 30.8 Å². The van der Waals surface area contributed by atoms with E-state index in [1.54, 1.807) is 6.08 Å². The fourth-order valence-corrected chi connectivity index (χ4v) is 1.54. The maximum atomic E-state index is 11.4. The summed E-state index contributed by atoms with van der Waals surface area (Å²) in [5.41, 5.74) is 2.15. The minimum atomic E-state index is 0.187. The molecule has 0 heterocycles. The monoisotopic (exact) mass is 232 g/mol. The largest absolute Gasteiger partial charge is 0.369 e. The molecule has 92 valence electrons. The van der Waals surface area contributed by atoms with E-state index in [9.17, 15) is 4.79 Å². The molecule has 1 rings (SSSR count). The summed E-state index contributed by atoms with van der Waals surface area (Å²) in [7, 11) is 0. The summed E-state index contributed by atoms with van der Waals surface area (Å²) in [5.74, 6) is 0.187. The molecule has 2 heteroatoms. The molecule has 0 radical (unpaired) electrons. The van der Waals surface area contributed by atoms with Gasteiger partial charge >= 0.3 is 0 Å². The molecule has 0 spiro atoms. The van der Waals surface area contributed by atoms with Gasteiger partial charge in [0.05, 0.1) is 6.61 Å². The van der Waals surface area contributed by atoms with Crippen molar-refractivity contribution in [3.05, 3.63) is 42.0 Å². The average molecular weight is 232 g/mol. The van der Waals surface area contributed by atoms with E-state index in [0.717, 1.165) is 24.0 Å². The lowest BCUT2D eigenvalue weighted by molar-refractivity contribution is -0.124. The average Bonchev–Trinajstić information content (AvgIpc) is 2.36. The second-order valence-corrected chi connectivity index (χ2v) is 4.08. The smallest absolute Gasteiger partial charge is 0.158 e. The number of unbranched alkanes of at least 4 members (excludes halogenated alkanes) is 1. The second-order valence-electron chi connectivity index (χ2n) is 4.08. The van der Waals surface area contributed by atoms with Gasteiger partial charge < -0.3 is 4.74 Å². The van der Waals surface area contributed by atoms with Crippen LogP contribution in [0.4, 0.5) is 0 Å². The number of hydrogen-bond acceptors (Lipinski definition) is 2. The number of ketones is 1. The van der Waals surface area contributed by atoms with E-state index in [4.69, 9.17) is 4.74 Å². The van der Waals surface area contributed by atoms with Gasteiger partial charge in [-0.2, -0.15) is 0 Å². The molecule has 0 aromatic heterocycles.